The van der Waals surface area contributed by atoms with E-state index in [1.54, 1.807) is 0 Å². The van der Waals surface area contributed by atoms with E-state index in [0.717, 1.165) is 11.1 Å². The Morgan fingerprint density at radius 2 is 1.88 bits per heavy atom. The fraction of sp³-hybridized carbons (Fsp3) is 0.500. The Balaban J connectivity index is 3.16. The van der Waals surface area contributed by atoms with Gasteiger partial charge in [-0.15, -0.1) is 0 Å². The van der Waals surface area contributed by atoms with Gasteiger partial charge in [-0.2, -0.15) is 13.1 Å². The first kappa shape index (κ1) is 14.2. The van der Waals surface area contributed by atoms with Gasteiger partial charge >= 0.3 is 0 Å². The molecule has 1 atom stereocenters. The predicted molar refractivity (Wildman–Crippen MR) is 69.6 cm³/mol. The minimum absolute atomic E-state index is 0.250. The lowest BCUT2D eigenvalue weighted by molar-refractivity contribution is 0.304. The molecule has 4 nitrogen and oxygen atoms in total. The van der Waals surface area contributed by atoms with Gasteiger partial charge in [-0.3, -0.25) is 0 Å². The molecule has 0 amide bonds. The van der Waals surface area contributed by atoms with Crippen molar-refractivity contribution in [2.45, 2.75) is 33.7 Å². The zero-order valence-corrected chi connectivity index (χ0v) is 11.5. The van der Waals surface area contributed by atoms with Crippen LogP contribution in [-0.4, -0.2) is 8.42 Å². The van der Waals surface area contributed by atoms with E-state index in [-0.39, 0.29) is 11.5 Å². The second-order valence-electron chi connectivity index (χ2n) is 5.38. The molecule has 1 rings (SSSR count). The van der Waals surface area contributed by atoms with Crippen LogP contribution in [0.15, 0.2) is 24.3 Å². The van der Waals surface area contributed by atoms with Gasteiger partial charge in [-0.1, -0.05) is 50.6 Å². The molecule has 96 valence electrons. The molecule has 0 aromatic heterocycles. The van der Waals surface area contributed by atoms with E-state index in [1.165, 1.54) is 0 Å². The standard InChI is InChI=1S/C12H20N2O2S/c1-9-6-5-7-10(8-9)11(12(2,3)4)14-17(13,15)16/h5-8,11,14H,1-4H3,(H2,13,15,16)/t11-/m0/s1. The molecule has 0 fully saturated rings. The summed E-state index contributed by atoms with van der Waals surface area (Å²) in [6, 6.07) is 7.42. The third kappa shape index (κ3) is 4.46. The molecule has 0 aliphatic heterocycles. The van der Waals surface area contributed by atoms with Gasteiger partial charge < -0.3 is 0 Å². The number of nitrogens with two attached hydrogens (primary N) is 1. The van der Waals surface area contributed by atoms with Crippen LogP contribution in [-0.2, 0) is 10.2 Å². The van der Waals surface area contributed by atoms with Crippen LogP contribution in [0.4, 0.5) is 0 Å². The van der Waals surface area contributed by atoms with Gasteiger partial charge in [-0.25, -0.2) is 5.14 Å². The van der Waals surface area contributed by atoms with Crippen LogP contribution in [0.2, 0.25) is 0 Å². The Bertz CT molecular complexity index is 489. The average molecular weight is 256 g/mol. The highest BCUT2D eigenvalue weighted by Gasteiger charge is 2.29. The maximum absolute atomic E-state index is 11.2. The molecular formula is C12H20N2O2S. The van der Waals surface area contributed by atoms with Crippen LogP contribution >= 0.6 is 0 Å². The molecule has 0 saturated carbocycles. The molecule has 5 heteroatoms. The van der Waals surface area contributed by atoms with Crippen molar-refractivity contribution in [3.63, 3.8) is 0 Å². The monoisotopic (exact) mass is 256 g/mol. The normalized spacial score (nSPS) is 14.6. The minimum Gasteiger partial charge on any atom is -0.216 e. The number of aryl methyl sites for hydroxylation is 1. The molecule has 0 spiro atoms. The van der Waals surface area contributed by atoms with Crippen molar-refractivity contribution < 1.29 is 8.42 Å². The van der Waals surface area contributed by atoms with Crippen LogP contribution in [0.1, 0.15) is 37.9 Å². The molecule has 0 bridgehead atoms. The summed E-state index contributed by atoms with van der Waals surface area (Å²) in [6.07, 6.45) is 0. The largest absolute Gasteiger partial charge is 0.274 e. The lowest BCUT2D eigenvalue weighted by Crippen LogP contribution is -2.40. The van der Waals surface area contributed by atoms with Crippen molar-refractivity contribution in [1.29, 1.82) is 0 Å². The molecule has 17 heavy (non-hydrogen) atoms. The third-order valence-corrected chi connectivity index (χ3v) is 3.09. The second kappa shape index (κ2) is 4.76. The molecule has 3 N–H and O–H groups in total. The molecule has 0 saturated heterocycles. The quantitative estimate of drug-likeness (QED) is 0.866. The summed E-state index contributed by atoms with van der Waals surface area (Å²) in [4.78, 5) is 0. The van der Waals surface area contributed by atoms with E-state index >= 15 is 0 Å². The zero-order chi connectivity index (χ0) is 13.3. The van der Waals surface area contributed by atoms with Gasteiger partial charge in [0.05, 0.1) is 6.04 Å². The molecule has 0 radical (unpaired) electrons. The first-order valence-corrected chi connectivity index (χ1v) is 7.01. The summed E-state index contributed by atoms with van der Waals surface area (Å²) in [5.74, 6) is 0. The Kier molecular flexibility index (Phi) is 3.96. The fourth-order valence-electron chi connectivity index (χ4n) is 1.76. The number of rotatable bonds is 3. The second-order valence-corrected chi connectivity index (χ2v) is 6.70. The Hall–Kier alpha value is -0.910. The Morgan fingerprint density at radius 1 is 1.29 bits per heavy atom. The summed E-state index contributed by atoms with van der Waals surface area (Å²) in [7, 11) is -3.72. The lowest BCUT2D eigenvalue weighted by Gasteiger charge is -2.31. The number of hydrogen-bond donors (Lipinski definition) is 2. The average Bonchev–Trinajstić information content (AvgIpc) is 2.11. The third-order valence-electron chi connectivity index (χ3n) is 2.52. The van der Waals surface area contributed by atoms with Crippen molar-refractivity contribution in [3.05, 3.63) is 35.4 Å². The first-order valence-electron chi connectivity index (χ1n) is 5.46. The highest BCUT2D eigenvalue weighted by atomic mass is 32.2. The van der Waals surface area contributed by atoms with E-state index in [2.05, 4.69) is 4.72 Å². The lowest BCUT2D eigenvalue weighted by atomic mass is 9.83. The van der Waals surface area contributed by atoms with Crippen molar-refractivity contribution in [1.82, 2.24) is 4.72 Å². The van der Waals surface area contributed by atoms with Gasteiger partial charge in [0.15, 0.2) is 0 Å². The molecule has 1 aromatic carbocycles. The van der Waals surface area contributed by atoms with E-state index in [1.807, 2.05) is 52.0 Å². The van der Waals surface area contributed by atoms with Crippen molar-refractivity contribution in [2.75, 3.05) is 0 Å². The van der Waals surface area contributed by atoms with Crippen LogP contribution in [0.25, 0.3) is 0 Å². The minimum atomic E-state index is -3.72. The van der Waals surface area contributed by atoms with Crippen molar-refractivity contribution >= 4 is 10.2 Å². The topological polar surface area (TPSA) is 72.2 Å². The number of benzene rings is 1. The van der Waals surface area contributed by atoms with Gasteiger partial charge in [0.2, 0.25) is 0 Å². The molecule has 0 unspecified atom stereocenters. The maximum Gasteiger partial charge on any atom is 0.274 e. The smallest absolute Gasteiger partial charge is 0.216 e. The Labute approximate surface area is 103 Å². The highest BCUT2D eigenvalue weighted by Crippen LogP contribution is 2.33. The highest BCUT2D eigenvalue weighted by molar-refractivity contribution is 7.87. The molecule has 0 aliphatic rings. The van der Waals surface area contributed by atoms with E-state index in [0.29, 0.717) is 0 Å². The van der Waals surface area contributed by atoms with E-state index < -0.39 is 10.2 Å². The first-order chi connectivity index (χ1) is 7.59. The van der Waals surface area contributed by atoms with Crippen LogP contribution in [0.5, 0.6) is 0 Å². The van der Waals surface area contributed by atoms with Gasteiger partial charge in [0.25, 0.3) is 10.2 Å². The van der Waals surface area contributed by atoms with Gasteiger partial charge in [-0.05, 0) is 17.9 Å². The van der Waals surface area contributed by atoms with Crippen LogP contribution in [0.3, 0.4) is 0 Å². The SMILES string of the molecule is Cc1cccc([C@H](NS(N)(=O)=O)C(C)(C)C)c1. The Morgan fingerprint density at radius 3 is 2.29 bits per heavy atom. The summed E-state index contributed by atoms with van der Waals surface area (Å²) in [6.45, 7) is 7.88. The maximum atomic E-state index is 11.2. The summed E-state index contributed by atoms with van der Waals surface area (Å²) < 4.78 is 24.9. The van der Waals surface area contributed by atoms with E-state index in [9.17, 15) is 8.42 Å². The summed E-state index contributed by atoms with van der Waals surface area (Å²) >= 11 is 0. The molecule has 1 aromatic rings. The van der Waals surface area contributed by atoms with Gasteiger partial charge in [0, 0.05) is 0 Å². The van der Waals surface area contributed by atoms with Gasteiger partial charge in [0.1, 0.15) is 0 Å². The fourth-order valence-corrected chi connectivity index (χ4v) is 2.58. The van der Waals surface area contributed by atoms with Crippen LogP contribution in [0, 0.1) is 12.3 Å². The summed E-state index contributed by atoms with van der Waals surface area (Å²) in [5, 5.41) is 5.07. The molecule has 0 aliphatic carbocycles. The predicted octanol–water partition coefficient (Wildman–Crippen LogP) is 1.88. The molecule has 0 heterocycles. The van der Waals surface area contributed by atoms with Crippen molar-refractivity contribution in [3.8, 4) is 0 Å². The van der Waals surface area contributed by atoms with Crippen LogP contribution < -0.4 is 9.86 Å². The van der Waals surface area contributed by atoms with E-state index in [4.69, 9.17) is 5.14 Å². The van der Waals surface area contributed by atoms with Crippen molar-refractivity contribution in [2.24, 2.45) is 10.6 Å². The number of nitrogens with one attached hydrogen (secondary N) is 1. The summed E-state index contributed by atoms with van der Waals surface area (Å²) in [5.41, 5.74) is 1.76. The number of hydrogen-bond acceptors (Lipinski definition) is 2. The zero-order valence-electron chi connectivity index (χ0n) is 10.7. The molecular weight excluding hydrogens is 236 g/mol.